The van der Waals surface area contributed by atoms with E-state index in [0.717, 1.165) is 24.2 Å². The molecule has 0 aliphatic carbocycles. The summed E-state index contributed by atoms with van der Waals surface area (Å²) < 4.78 is 5.83. The van der Waals surface area contributed by atoms with Gasteiger partial charge >= 0.3 is 0 Å². The molecule has 9 heteroatoms. The van der Waals surface area contributed by atoms with E-state index < -0.39 is 6.10 Å². The van der Waals surface area contributed by atoms with E-state index in [1.165, 1.54) is 11.5 Å². The third kappa shape index (κ3) is 3.88. The number of aliphatic hydroxyl groups is 1. The number of aryl methyl sites for hydroxylation is 1. The van der Waals surface area contributed by atoms with E-state index >= 15 is 0 Å². The van der Waals surface area contributed by atoms with Gasteiger partial charge in [0.2, 0.25) is 0 Å². The number of aromatic nitrogens is 4. The van der Waals surface area contributed by atoms with Gasteiger partial charge in [0.25, 0.3) is 5.91 Å². The Hall–Kier alpha value is -1.84. The van der Waals surface area contributed by atoms with Crippen LogP contribution in [0.15, 0.2) is 6.07 Å². The van der Waals surface area contributed by atoms with E-state index in [1.807, 2.05) is 34.6 Å². The molecule has 136 valence electrons. The minimum atomic E-state index is -0.626. The molecule has 0 bridgehead atoms. The number of aliphatic hydroxyl groups excluding tert-OH is 1. The summed E-state index contributed by atoms with van der Waals surface area (Å²) in [5, 5.41) is 18.8. The monoisotopic (exact) mass is 364 g/mol. The van der Waals surface area contributed by atoms with Crippen LogP contribution >= 0.6 is 11.5 Å². The van der Waals surface area contributed by atoms with Crippen LogP contribution in [0.5, 0.6) is 0 Å². The lowest BCUT2D eigenvalue weighted by Gasteiger charge is -2.27. The maximum absolute atomic E-state index is 12.8. The predicted molar refractivity (Wildman–Crippen MR) is 94.4 cm³/mol. The zero-order valence-corrected chi connectivity index (χ0v) is 15.7. The number of carbonyl (C=O) groups excluding carboxylic acids is 1. The molecule has 1 N–H and O–H groups in total. The minimum Gasteiger partial charge on any atom is -0.385 e. The van der Waals surface area contributed by atoms with Crippen molar-refractivity contribution >= 4 is 17.4 Å². The molecule has 3 rings (SSSR count). The second-order valence-electron chi connectivity index (χ2n) is 6.59. The van der Waals surface area contributed by atoms with Gasteiger partial charge in [0.15, 0.2) is 0 Å². The summed E-state index contributed by atoms with van der Waals surface area (Å²) in [6.45, 7) is 4.30. The van der Waals surface area contributed by atoms with Crippen LogP contribution < -0.4 is 0 Å². The van der Waals surface area contributed by atoms with Gasteiger partial charge in [-0.25, -0.2) is 0 Å². The zero-order valence-electron chi connectivity index (χ0n) is 14.8. The number of amides is 1. The lowest BCUT2D eigenvalue weighted by Crippen LogP contribution is -2.38. The van der Waals surface area contributed by atoms with Crippen LogP contribution in [-0.4, -0.2) is 67.4 Å². The third-order valence-corrected chi connectivity index (χ3v) is 4.98. The van der Waals surface area contributed by atoms with Crippen LogP contribution in [0.1, 0.15) is 46.2 Å². The quantitative estimate of drug-likeness (QED) is 0.821. The maximum atomic E-state index is 12.8. The van der Waals surface area contributed by atoms with Gasteiger partial charge in [0, 0.05) is 13.1 Å². The van der Waals surface area contributed by atoms with Crippen molar-refractivity contribution in [1.29, 1.82) is 0 Å². The van der Waals surface area contributed by atoms with Gasteiger partial charge in [-0.1, -0.05) is 17.8 Å². The van der Waals surface area contributed by atoms with E-state index in [4.69, 9.17) is 0 Å². The van der Waals surface area contributed by atoms with Gasteiger partial charge in [-0.3, -0.25) is 9.48 Å². The molecule has 2 aromatic heterocycles. The number of nitrogens with zero attached hydrogens (tertiary/aromatic N) is 6. The molecule has 1 aliphatic rings. The molecule has 1 aliphatic heterocycles. The SMILES string of the molecule is CCCc1nnsc1C(=O)N1CCn2nc(C(O)CN(C)C)cc2C1. The lowest BCUT2D eigenvalue weighted by molar-refractivity contribution is 0.0709. The number of carbonyl (C=O) groups is 1. The molecule has 0 saturated carbocycles. The van der Waals surface area contributed by atoms with E-state index in [-0.39, 0.29) is 5.91 Å². The van der Waals surface area contributed by atoms with Crippen LogP contribution in [0.25, 0.3) is 0 Å². The Labute approximate surface area is 151 Å². The van der Waals surface area contributed by atoms with E-state index in [9.17, 15) is 9.90 Å². The molecular formula is C16H24N6O2S. The Morgan fingerprint density at radius 3 is 2.96 bits per heavy atom. The largest absolute Gasteiger partial charge is 0.385 e. The number of fused-ring (bicyclic) bond motifs is 1. The van der Waals surface area contributed by atoms with E-state index in [2.05, 4.69) is 21.6 Å². The van der Waals surface area contributed by atoms with Gasteiger partial charge in [-0.05, 0) is 38.1 Å². The maximum Gasteiger partial charge on any atom is 0.267 e. The fourth-order valence-corrected chi connectivity index (χ4v) is 3.66. The van der Waals surface area contributed by atoms with Gasteiger partial charge in [0.05, 0.1) is 30.2 Å². The number of hydrogen-bond donors (Lipinski definition) is 1. The van der Waals surface area contributed by atoms with Crippen molar-refractivity contribution in [3.63, 3.8) is 0 Å². The Balaban J connectivity index is 1.73. The molecule has 1 amide bonds. The predicted octanol–water partition coefficient (Wildman–Crippen LogP) is 0.938. The molecule has 0 saturated heterocycles. The van der Waals surface area contributed by atoms with Crippen molar-refractivity contribution in [2.75, 3.05) is 27.2 Å². The summed E-state index contributed by atoms with van der Waals surface area (Å²) in [4.78, 5) is 17.2. The Kier molecular flexibility index (Phi) is 5.45. The number of hydrogen-bond acceptors (Lipinski definition) is 7. The van der Waals surface area contributed by atoms with Crippen LogP contribution in [-0.2, 0) is 19.5 Å². The van der Waals surface area contributed by atoms with Gasteiger partial charge in [-0.2, -0.15) is 5.10 Å². The highest BCUT2D eigenvalue weighted by Gasteiger charge is 2.27. The molecule has 8 nitrogen and oxygen atoms in total. The molecular weight excluding hydrogens is 340 g/mol. The standard InChI is InChI=1S/C16H24N6O2S/c1-4-5-12-15(25-19-17-12)16(24)21-6-7-22-11(9-21)8-13(18-22)14(23)10-20(2)3/h8,14,23H,4-7,9-10H2,1-3H3. The first-order valence-electron chi connectivity index (χ1n) is 8.49. The van der Waals surface area contributed by atoms with Crippen molar-refractivity contribution in [3.05, 3.63) is 28.0 Å². The van der Waals surface area contributed by atoms with Crippen LogP contribution in [0.3, 0.4) is 0 Å². The first-order valence-corrected chi connectivity index (χ1v) is 9.26. The lowest BCUT2D eigenvalue weighted by atomic mass is 10.2. The Bertz CT molecular complexity index is 741. The molecule has 0 fully saturated rings. The van der Waals surface area contributed by atoms with E-state index in [1.54, 1.807) is 0 Å². The molecule has 1 atom stereocenters. The molecule has 1 unspecified atom stereocenters. The normalized spacial score (nSPS) is 15.5. The molecule has 25 heavy (non-hydrogen) atoms. The number of likely N-dealkylation sites (N-methyl/N-ethyl adjacent to an activating group) is 1. The van der Waals surface area contributed by atoms with Gasteiger partial charge in [-0.15, -0.1) is 5.10 Å². The Morgan fingerprint density at radius 1 is 1.44 bits per heavy atom. The fourth-order valence-electron chi connectivity index (χ4n) is 2.98. The summed E-state index contributed by atoms with van der Waals surface area (Å²) >= 11 is 1.17. The van der Waals surface area contributed by atoms with Crippen molar-refractivity contribution in [3.8, 4) is 0 Å². The Morgan fingerprint density at radius 2 is 2.24 bits per heavy atom. The molecule has 3 heterocycles. The smallest absolute Gasteiger partial charge is 0.267 e. The van der Waals surface area contributed by atoms with Crippen LogP contribution in [0.2, 0.25) is 0 Å². The average molecular weight is 364 g/mol. The zero-order chi connectivity index (χ0) is 18.0. The van der Waals surface area contributed by atoms with Crippen molar-refractivity contribution in [2.45, 2.75) is 39.0 Å². The topological polar surface area (TPSA) is 87.4 Å². The summed E-state index contributed by atoms with van der Waals surface area (Å²) in [6.07, 6.45) is 1.08. The molecule has 0 spiro atoms. The van der Waals surface area contributed by atoms with Gasteiger partial charge < -0.3 is 14.9 Å². The highest BCUT2D eigenvalue weighted by Crippen LogP contribution is 2.22. The van der Waals surface area contributed by atoms with E-state index in [0.29, 0.717) is 36.8 Å². The summed E-state index contributed by atoms with van der Waals surface area (Å²) in [7, 11) is 3.83. The average Bonchev–Trinajstić information content (AvgIpc) is 3.19. The summed E-state index contributed by atoms with van der Waals surface area (Å²) in [6, 6.07) is 1.89. The van der Waals surface area contributed by atoms with Crippen molar-refractivity contribution in [2.24, 2.45) is 0 Å². The fraction of sp³-hybridized carbons (Fsp3) is 0.625. The van der Waals surface area contributed by atoms with Crippen LogP contribution in [0, 0.1) is 0 Å². The molecule has 0 aromatic carbocycles. The second-order valence-corrected chi connectivity index (χ2v) is 7.34. The summed E-state index contributed by atoms with van der Waals surface area (Å²) in [5.74, 6) is -0.0127. The number of rotatable bonds is 6. The second kappa shape index (κ2) is 7.59. The van der Waals surface area contributed by atoms with Crippen molar-refractivity contribution < 1.29 is 9.90 Å². The highest BCUT2D eigenvalue weighted by molar-refractivity contribution is 7.08. The summed E-state index contributed by atoms with van der Waals surface area (Å²) in [5.41, 5.74) is 2.39. The highest BCUT2D eigenvalue weighted by atomic mass is 32.1. The first-order chi connectivity index (χ1) is 12.0. The van der Waals surface area contributed by atoms with Crippen molar-refractivity contribution in [1.82, 2.24) is 29.2 Å². The first kappa shape index (κ1) is 18.0. The third-order valence-electron chi connectivity index (χ3n) is 4.22. The molecule has 0 radical (unpaired) electrons. The van der Waals surface area contributed by atoms with Crippen LogP contribution in [0.4, 0.5) is 0 Å². The molecule has 2 aromatic rings. The minimum absolute atomic E-state index is 0.0127. The van der Waals surface area contributed by atoms with Gasteiger partial charge in [0.1, 0.15) is 11.0 Å².